The van der Waals surface area contributed by atoms with Gasteiger partial charge in [-0.3, -0.25) is 0 Å². The van der Waals surface area contributed by atoms with E-state index in [1.54, 1.807) is 0 Å². The molecule has 1 aliphatic heterocycles. The Hall–Kier alpha value is -1.80. The molecule has 2 heteroatoms. The van der Waals surface area contributed by atoms with Crippen molar-refractivity contribution in [2.45, 2.75) is 25.7 Å². The normalized spacial score (nSPS) is 14.5. The minimum atomic E-state index is 0.520. The number of fused-ring (bicyclic) bond motifs is 1. The molecule has 0 aliphatic carbocycles. The second-order valence-corrected chi connectivity index (χ2v) is 5.66. The molecule has 0 aromatic heterocycles. The van der Waals surface area contributed by atoms with Gasteiger partial charge in [0.2, 0.25) is 0 Å². The Morgan fingerprint density at radius 2 is 2.00 bits per heavy atom. The molecule has 1 N–H and O–H groups in total. The number of benzene rings is 2. The number of hydrogen-bond donors (Lipinski definition) is 1. The molecule has 0 amide bonds. The minimum Gasteiger partial charge on any atom is -0.493 e. The van der Waals surface area contributed by atoms with Crippen molar-refractivity contribution in [2.75, 3.05) is 19.7 Å². The van der Waals surface area contributed by atoms with Gasteiger partial charge in [0.25, 0.3) is 0 Å². The van der Waals surface area contributed by atoms with Crippen LogP contribution in [-0.2, 0) is 12.8 Å². The van der Waals surface area contributed by atoms with E-state index in [-0.39, 0.29) is 0 Å². The molecule has 0 radical (unpaired) electrons. The molecule has 0 bridgehead atoms. The highest BCUT2D eigenvalue weighted by Crippen LogP contribution is 2.28. The maximum Gasteiger partial charge on any atom is 0.122 e. The average molecular weight is 281 g/mol. The summed E-state index contributed by atoms with van der Waals surface area (Å²) in [6.07, 6.45) is 2.12. The topological polar surface area (TPSA) is 21.3 Å². The summed E-state index contributed by atoms with van der Waals surface area (Å²) in [7, 11) is 0. The van der Waals surface area contributed by atoms with Crippen LogP contribution in [0, 0.1) is 0 Å². The predicted octanol–water partition coefficient (Wildman–Crippen LogP) is 3.56. The third kappa shape index (κ3) is 3.45. The standard InChI is InChI=1S/C19H23NO/c1-2-20-14-18(16-6-4-3-5-7-16)13-15-8-9-19-17(12-15)10-11-21-19/h3-9,12,18,20H,2,10-11,13-14H2,1H3. The van der Waals surface area contributed by atoms with Crippen LogP contribution < -0.4 is 10.1 Å². The third-order valence-electron chi connectivity index (χ3n) is 4.15. The largest absolute Gasteiger partial charge is 0.493 e. The molecule has 2 aromatic carbocycles. The first-order valence-electron chi connectivity index (χ1n) is 7.87. The van der Waals surface area contributed by atoms with E-state index in [1.165, 1.54) is 16.7 Å². The molecule has 1 atom stereocenters. The summed E-state index contributed by atoms with van der Waals surface area (Å²) in [6, 6.07) is 17.5. The van der Waals surface area contributed by atoms with E-state index in [0.717, 1.165) is 38.3 Å². The summed E-state index contributed by atoms with van der Waals surface area (Å²) in [6.45, 7) is 5.03. The van der Waals surface area contributed by atoms with Crippen molar-refractivity contribution < 1.29 is 4.74 Å². The number of nitrogens with one attached hydrogen (secondary N) is 1. The maximum absolute atomic E-state index is 5.60. The Morgan fingerprint density at radius 1 is 1.14 bits per heavy atom. The predicted molar refractivity (Wildman–Crippen MR) is 87.1 cm³/mol. The van der Waals surface area contributed by atoms with Crippen molar-refractivity contribution >= 4 is 0 Å². The molecule has 0 fully saturated rings. The van der Waals surface area contributed by atoms with Gasteiger partial charge in [0.15, 0.2) is 0 Å². The van der Waals surface area contributed by atoms with Gasteiger partial charge in [0.05, 0.1) is 6.61 Å². The van der Waals surface area contributed by atoms with E-state index in [1.807, 2.05) is 0 Å². The molecule has 3 rings (SSSR count). The maximum atomic E-state index is 5.60. The van der Waals surface area contributed by atoms with Gasteiger partial charge in [-0.25, -0.2) is 0 Å². The van der Waals surface area contributed by atoms with Gasteiger partial charge in [-0.1, -0.05) is 49.4 Å². The molecule has 2 aromatic rings. The average Bonchev–Trinajstić information content (AvgIpc) is 3.00. The summed E-state index contributed by atoms with van der Waals surface area (Å²) in [5.41, 5.74) is 4.18. The number of hydrogen-bond acceptors (Lipinski definition) is 2. The van der Waals surface area contributed by atoms with Crippen LogP contribution in [0.1, 0.15) is 29.5 Å². The Bertz CT molecular complexity index is 579. The quantitative estimate of drug-likeness (QED) is 0.874. The van der Waals surface area contributed by atoms with E-state index >= 15 is 0 Å². The van der Waals surface area contributed by atoms with Crippen LogP contribution in [0.25, 0.3) is 0 Å². The summed E-state index contributed by atoms with van der Waals surface area (Å²) in [5, 5.41) is 3.49. The molecule has 2 nitrogen and oxygen atoms in total. The Kier molecular flexibility index (Phi) is 4.56. The van der Waals surface area contributed by atoms with E-state index in [2.05, 4.69) is 60.8 Å². The van der Waals surface area contributed by atoms with E-state index < -0.39 is 0 Å². The van der Waals surface area contributed by atoms with Crippen LogP contribution in [0.2, 0.25) is 0 Å². The van der Waals surface area contributed by atoms with Gasteiger partial charge in [0, 0.05) is 18.9 Å². The lowest BCUT2D eigenvalue weighted by atomic mass is 9.91. The van der Waals surface area contributed by atoms with Crippen molar-refractivity contribution in [2.24, 2.45) is 0 Å². The van der Waals surface area contributed by atoms with Crippen LogP contribution in [-0.4, -0.2) is 19.7 Å². The van der Waals surface area contributed by atoms with E-state index in [0.29, 0.717) is 5.92 Å². The Labute approximate surface area is 127 Å². The number of ether oxygens (including phenoxy) is 1. The van der Waals surface area contributed by atoms with Crippen LogP contribution in [0.4, 0.5) is 0 Å². The fraction of sp³-hybridized carbons (Fsp3) is 0.368. The molecular formula is C19H23NO. The highest BCUT2D eigenvalue weighted by Gasteiger charge is 2.15. The molecule has 0 saturated heterocycles. The lowest BCUT2D eigenvalue weighted by Crippen LogP contribution is -2.22. The zero-order valence-corrected chi connectivity index (χ0v) is 12.6. The van der Waals surface area contributed by atoms with Crippen LogP contribution in [0.5, 0.6) is 5.75 Å². The zero-order valence-electron chi connectivity index (χ0n) is 12.6. The first-order valence-corrected chi connectivity index (χ1v) is 7.87. The fourth-order valence-electron chi connectivity index (χ4n) is 3.00. The second kappa shape index (κ2) is 6.77. The SMILES string of the molecule is CCNCC(Cc1ccc2c(c1)CCO2)c1ccccc1. The van der Waals surface area contributed by atoms with E-state index in [4.69, 9.17) is 4.74 Å². The molecule has 1 aliphatic rings. The van der Waals surface area contributed by atoms with Crippen LogP contribution in [0.3, 0.4) is 0 Å². The smallest absolute Gasteiger partial charge is 0.122 e. The van der Waals surface area contributed by atoms with Gasteiger partial charge < -0.3 is 10.1 Å². The lowest BCUT2D eigenvalue weighted by Gasteiger charge is -2.18. The van der Waals surface area contributed by atoms with E-state index in [9.17, 15) is 0 Å². The zero-order chi connectivity index (χ0) is 14.5. The van der Waals surface area contributed by atoms with Gasteiger partial charge in [-0.2, -0.15) is 0 Å². The number of rotatable bonds is 6. The van der Waals surface area contributed by atoms with Gasteiger partial charge in [-0.05, 0) is 35.7 Å². The first kappa shape index (κ1) is 14.2. The molecule has 0 spiro atoms. The van der Waals surface area contributed by atoms with Gasteiger partial charge in [-0.15, -0.1) is 0 Å². The molecule has 110 valence electrons. The van der Waals surface area contributed by atoms with Gasteiger partial charge in [0.1, 0.15) is 5.75 Å². The molecular weight excluding hydrogens is 258 g/mol. The minimum absolute atomic E-state index is 0.520. The highest BCUT2D eigenvalue weighted by atomic mass is 16.5. The molecule has 0 saturated carbocycles. The van der Waals surface area contributed by atoms with Gasteiger partial charge >= 0.3 is 0 Å². The summed E-state index contributed by atoms with van der Waals surface area (Å²) in [4.78, 5) is 0. The molecule has 1 unspecified atom stereocenters. The summed E-state index contributed by atoms with van der Waals surface area (Å²) >= 11 is 0. The third-order valence-corrected chi connectivity index (χ3v) is 4.15. The van der Waals surface area contributed by atoms with Crippen molar-refractivity contribution in [1.29, 1.82) is 0 Å². The first-order chi connectivity index (χ1) is 10.4. The lowest BCUT2D eigenvalue weighted by molar-refractivity contribution is 0.357. The molecule has 1 heterocycles. The fourth-order valence-corrected chi connectivity index (χ4v) is 3.00. The second-order valence-electron chi connectivity index (χ2n) is 5.66. The summed E-state index contributed by atoms with van der Waals surface area (Å²) in [5.74, 6) is 1.59. The van der Waals surface area contributed by atoms with Crippen molar-refractivity contribution in [3.8, 4) is 5.75 Å². The monoisotopic (exact) mass is 281 g/mol. The van der Waals surface area contributed by atoms with Crippen molar-refractivity contribution in [3.63, 3.8) is 0 Å². The Balaban J connectivity index is 1.77. The van der Waals surface area contributed by atoms with Crippen molar-refractivity contribution in [1.82, 2.24) is 5.32 Å². The van der Waals surface area contributed by atoms with Crippen LogP contribution in [0.15, 0.2) is 48.5 Å². The number of likely N-dealkylation sites (N-methyl/N-ethyl adjacent to an activating group) is 1. The van der Waals surface area contributed by atoms with Crippen LogP contribution >= 0.6 is 0 Å². The molecule has 21 heavy (non-hydrogen) atoms. The Morgan fingerprint density at radius 3 is 2.81 bits per heavy atom. The highest BCUT2D eigenvalue weighted by molar-refractivity contribution is 5.40. The van der Waals surface area contributed by atoms with Crippen molar-refractivity contribution in [3.05, 3.63) is 65.2 Å². The summed E-state index contributed by atoms with van der Waals surface area (Å²) < 4.78 is 5.60.